The second-order valence-electron chi connectivity index (χ2n) is 5.54. The van der Waals surface area contributed by atoms with Gasteiger partial charge in [0.05, 0.1) is 36.6 Å². The summed E-state index contributed by atoms with van der Waals surface area (Å²) in [5.41, 5.74) is 0.489. The van der Waals surface area contributed by atoms with Crippen LogP contribution in [0.5, 0.6) is 5.75 Å². The van der Waals surface area contributed by atoms with Crippen LogP contribution in [-0.2, 0) is 12.7 Å². The molecule has 0 radical (unpaired) electrons. The van der Waals surface area contributed by atoms with Gasteiger partial charge in [0.15, 0.2) is 0 Å². The smallest absolute Gasteiger partial charge is 0.419 e. The van der Waals surface area contributed by atoms with Crippen molar-refractivity contribution in [1.82, 2.24) is 15.3 Å². The minimum atomic E-state index is -4.80. The van der Waals surface area contributed by atoms with E-state index < -0.39 is 23.6 Å². The van der Waals surface area contributed by atoms with Crippen LogP contribution in [-0.4, -0.2) is 23.1 Å². The highest BCUT2D eigenvalue weighted by atomic mass is 19.4. The fourth-order valence-corrected chi connectivity index (χ4v) is 2.58. The number of H-pyrrole nitrogens is 1. The zero-order valence-electron chi connectivity index (χ0n) is 13.9. The molecule has 0 aliphatic rings. The Kier molecular flexibility index (Phi) is 4.89. The maximum atomic E-state index is 13.6. The van der Waals surface area contributed by atoms with Gasteiger partial charge in [-0.1, -0.05) is 0 Å². The molecule has 10 heteroatoms. The van der Waals surface area contributed by atoms with Crippen LogP contribution in [0.2, 0.25) is 0 Å². The number of hydrogen-bond donors (Lipinski definition) is 3. The number of carbonyl (C=O) groups is 1. The summed E-state index contributed by atoms with van der Waals surface area (Å²) in [4.78, 5) is 19.1. The minimum Gasteiger partial charge on any atom is -0.496 e. The van der Waals surface area contributed by atoms with Crippen molar-refractivity contribution in [2.24, 2.45) is 0 Å². The number of urea groups is 1. The summed E-state index contributed by atoms with van der Waals surface area (Å²) < 4.78 is 56.5. The zero-order chi connectivity index (χ0) is 19.6. The lowest BCUT2D eigenvalue weighted by molar-refractivity contribution is -0.139. The van der Waals surface area contributed by atoms with E-state index in [2.05, 4.69) is 20.6 Å². The van der Waals surface area contributed by atoms with Gasteiger partial charge in [0.2, 0.25) is 0 Å². The number of fused-ring (bicyclic) bond motifs is 1. The molecule has 3 aromatic rings. The SMILES string of the molecule is COc1ccc2nc[nH]c2c1CNC(=O)Nc1ccc(C(F)(F)F)c(F)c1. The predicted octanol–water partition coefficient (Wildman–Crippen LogP) is 4.05. The van der Waals surface area contributed by atoms with Gasteiger partial charge in [0.25, 0.3) is 0 Å². The molecule has 0 spiro atoms. The Morgan fingerprint density at radius 1 is 1.26 bits per heavy atom. The zero-order valence-corrected chi connectivity index (χ0v) is 13.9. The average Bonchev–Trinajstić information content (AvgIpc) is 3.07. The van der Waals surface area contributed by atoms with E-state index in [1.165, 1.54) is 13.4 Å². The van der Waals surface area contributed by atoms with Crippen LogP contribution in [0.3, 0.4) is 0 Å². The van der Waals surface area contributed by atoms with E-state index in [4.69, 9.17) is 4.74 Å². The number of imidazole rings is 1. The number of aromatic nitrogens is 2. The van der Waals surface area contributed by atoms with Crippen molar-refractivity contribution in [3.8, 4) is 5.75 Å². The summed E-state index contributed by atoms with van der Waals surface area (Å²) in [7, 11) is 1.48. The van der Waals surface area contributed by atoms with Gasteiger partial charge in [-0.05, 0) is 30.3 Å². The number of alkyl halides is 3. The molecule has 3 N–H and O–H groups in total. The molecule has 3 rings (SSSR count). The molecule has 0 fully saturated rings. The number of nitrogens with one attached hydrogen (secondary N) is 3. The van der Waals surface area contributed by atoms with E-state index in [-0.39, 0.29) is 12.2 Å². The lowest BCUT2D eigenvalue weighted by Crippen LogP contribution is -2.28. The lowest BCUT2D eigenvalue weighted by atomic mass is 10.1. The fraction of sp³-hybridized carbons (Fsp3) is 0.176. The topological polar surface area (TPSA) is 79.0 Å². The Morgan fingerprint density at radius 2 is 2.04 bits per heavy atom. The quantitative estimate of drug-likeness (QED) is 0.596. The first-order valence-corrected chi connectivity index (χ1v) is 7.70. The first-order chi connectivity index (χ1) is 12.8. The van der Waals surface area contributed by atoms with E-state index in [0.29, 0.717) is 34.5 Å². The molecule has 1 heterocycles. The number of ether oxygens (including phenoxy) is 1. The minimum absolute atomic E-state index is 0.0532. The van der Waals surface area contributed by atoms with Crippen LogP contribution < -0.4 is 15.4 Å². The van der Waals surface area contributed by atoms with Gasteiger partial charge in [-0.25, -0.2) is 14.2 Å². The average molecular weight is 382 g/mol. The van der Waals surface area contributed by atoms with Gasteiger partial charge in [0.1, 0.15) is 11.6 Å². The number of rotatable bonds is 4. The molecule has 0 saturated heterocycles. The molecule has 2 aromatic carbocycles. The number of nitrogens with zero attached hydrogens (tertiary/aromatic N) is 1. The molecular formula is C17H14F4N4O2. The number of carbonyl (C=O) groups excluding carboxylic acids is 1. The molecular weight excluding hydrogens is 368 g/mol. The summed E-state index contributed by atoms with van der Waals surface area (Å²) in [5.74, 6) is -0.947. The highest BCUT2D eigenvalue weighted by Crippen LogP contribution is 2.32. The van der Waals surface area contributed by atoms with Gasteiger partial charge in [-0.3, -0.25) is 0 Å². The molecule has 0 aliphatic heterocycles. The highest BCUT2D eigenvalue weighted by molar-refractivity contribution is 5.90. The van der Waals surface area contributed by atoms with Crippen LogP contribution in [0, 0.1) is 5.82 Å². The second kappa shape index (κ2) is 7.14. The van der Waals surface area contributed by atoms with Gasteiger partial charge >= 0.3 is 12.2 Å². The van der Waals surface area contributed by atoms with E-state index in [9.17, 15) is 22.4 Å². The molecule has 0 saturated carbocycles. The third-order valence-corrected chi connectivity index (χ3v) is 3.84. The van der Waals surface area contributed by atoms with Crippen molar-refractivity contribution in [3.05, 3.63) is 53.6 Å². The van der Waals surface area contributed by atoms with E-state index in [1.54, 1.807) is 12.1 Å². The Bertz CT molecular complexity index is 985. The monoisotopic (exact) mass is 382 g/mol. The van der Waals surface area contributed by atoms with E-state index in [1.807, 2.05) is 0 Å². The molecule has 0 aliphatic carbocycles. The Hall–Kier alpha value is -3.30. The van der Waals surface area contributed by atoms with E-state index >= 15 is 0 Å². The van der Waals surface area contributed by atoms with Crippen molar-refractivity contribution in [2.75, 3.05) is 12.4 Å². The third-order valence-electron chi connectivity index (χ3n) is 3.84. The van der Waals surface area contributed by atoms with Crippen molar-refractivity contribution in [1.29, 1.82) is 0 Å². The lowest BCUT2D eigenvalue weighted by Gasteiger charge is -2.13. The van der Waals surface area contributed by atoms with Crippen LogP contribution >= 0.6 is 0 Å². The van der Waals surface area contributed by atoms with Crippen molar-refractivity contribution in [2.45, 2.75) is 12.7 Å². The number of benzene rings is 2. The predicted molar refractivity (Wildman–Crippen MR) is 89.9 cm³/mol. The Balaban J connectivity index is 1.71. The molecule has 0 unspecified atom stereocenters. The molecule has 0 bridgehead atoms. The van der Waals surface area contributed by atoms with Crippen LogP contribution in [0.4, 0.5) is 28.0 Å². The van der Waals surface area contributed by atoms with Gasteiger partial charge in [-0.2, -0.15) is 13.2 Å². The highest BCUT2D eigenvalue weighted by Gasteiger charge is 2.33. The molecule has 6 nitrogen and oxygen atoms in total. The van der Waals surface area contributed by atoms with Crippen LogP contribution in [0.25, 0.3) is 11.0 Å². The molecule has 142 valence electrons. The summed E-state index contributed by atoms with van der Waals surface area (Å²) in [5, 5.41) is 4.83. The largest absolute Gasteiger partial charge is 0.496 e. The van der Waals surface area contributed by atoms with Crippen molar-refractivity contribution in [3.63, 3.8) is 0 Å². The van der Waals surface area contributed by atoms with Gasteiger partial charge in [0, 0.05) is 11.3 Å². The van der Waals surface area contributed by atoms with Crippen LogP contribution in [0.1, 0.15) is 11.1 Å². The number of amides is 2. The fourth-order valence-electron chi connectivity index (χ4n) is 2.58. The van der Waals surface area contributed by atoms with E-state index in [0.717, 1.165) is 6.07 Å². The molecule has 0 atom stereocenters. The summed E-state index contributed by atoms with van der Waals surface area (Å²) in [6.45, 7) is 0.0532. The van der Waals surface area contributed by atoms with Crippen molar-refractivity contribution < 1.29 is 27.1 Å². The summed E-state index contributed by atoms with van der Waals surface area (Å²) in [6.07, 6.45) is -3.30. The maximum absolute atomic E-state index is 13.6. The number of hydrogen-bond acceptors (Lipinski definition) is 3. The van der Waals surface area contributed by atoms with Crippen LogP contribution in [0.15, 0.2) is 36.7 Å². The standard InChI is InChI=1S/C17H14F4N4O2/c1-27-14-5-4-13-15(24-8-23-13)10(14)7-22-16(26)25-9-2-3-11(12(18)6-9)17(19,20)21/h2-6,8H,7H2,1H3,(H,23,24)(H2,22,25,26). The first-order valence-electron chi connectivity index (χ1n) is 7.70. The number of anilines is 1. The first kappa shape index (κ1) is 18.5. The molecule has 27 heavy (non-hydrogen) atoms. The Labute approximate surface area is 150 Å². The van der Waals surface area contributed by atoms with Gasteiger partial charge < -0.3 is 20.4 Å². The number of methoxy groups -OCH3 is 1. The number of halogens is 4. The molecule has 1 aromatic heterocycles. The third kappa shape index (κ3) is 3.94. The van der Waals surface area contributed by atoms with Crippen molar-refractivity contribution >= 4 is 22.8 Å². The maximum Gasteiger partial charge on any atom is 0.419 e. The number of aromatic amines is 1. The summed E-state index contributed by atoms with van der Waals surface area (Å²) >= 11 is 0. The molecule has 2 amide bonds. The second-order valence-corrected chi connectivity index (χ2v) is 5.54. The Morgan fingerprint density at radius 3 is 2.70 bits per heavy atom. The summed E-state index contributed by atoms with van der Waals surface area (Å²) in [6, 6.07) is 4.88. The van der Waals surface area contributed by atoms with Gasteiger partial charge in [-0.15, -0.1) is 0 Å². The normalized spacial score (nSPS) is 11.4.